The van der Waals surface area contributed by atoms with Gasteiger partial charge < -0.3 is 10.2 Å². The molecule has 0 radical (unpaired) electrons. The van der Waals surface area contributed by atoms with Crippen molar-refractivity contribution in [3.63, 3.8) is 0 Å². The van der Waals surface area contributed by atoms with Crippen molar-refractivity contribution in [2.45, 2.75) is 25.5 Å². The third-order valence-corrected chi connectivity index (χ3v) is 6.34. The topological polar surface area (TPSA) is 56.6 Å². The first-order valence-corrected chi connectivity index (χ1v) is 9.00. The second kappa shape index (κ2) is 5.67. The van der Waals surface area contributed by atoms with Gasteiger partial charge in [-0.3, -0.25) is 4.90 Å². The quantitative estimate of drug-likeness (QED) is 0.900. The summed E-state index contributed by atoms with van der Waals surface area (Å²) in [6.45, 7) is 4.43. The van der Waals surface area contributed by atoms with Crippen LogP contribution in [0.2, 0.25) is 0 Å². The molecule has 2 aromatic rings. The second-order valence-corrected chi connectivity index (χ2v) is 7.90. The summed E-state index contributed by atoms with van der Waals surface area (Å²) in [6, 6.07) is 10.3. The molecule has 1 aliphatic heterocycles. The lowest BCUT2D eigenvalue weighted by Crippen LogP contribution is -2.23. The molecule has 2 heterocycles. The highest BCUT2D eigenvalue weighted by atomic mass is 32.1. The van der Waals surface area contributed by atoms with Crippen LogP contribution in [0.15, 0.2) is 35.7 Å². The van der Waals surface area contributed by atoms with Crippen molar-refractivity contribution < 1.29 is 10.2 Å². The number of aryl methyl sites for hydroxylation is 1. The van der Waals surface area contributed by atoms with E-state index in [-0.39, 0.29) is 30.0 Å². The molecule has 5 heteroatoms. The first kappa shape index (κ1) is 15.3. The summed E-state index contributed by atoms with van der Waals surface area (Å²) < 4.78 is 0. The highest BCUT2D eigenvalue weighted by Gasteiger charge is 2.70. The van der Waals surface area contributed by atoms with Gasteiger partial charge in [-0.05, 0) is 24.3 Å². The zero-order chi connectivity index (χ0) is 16.0. The Balaban J connectivity index is 1.54. The lowest BCUT2D eigenvalue weighted by atomic mass is 9.95. The van der Waals surface area contributed by atoms with Crippen LogP contribution in [-0.4, -0.2) is 45.9 Å². The number of aliphatic hydroxyl groups excluding tert-OH is 2. The number of hydrogen-bond acceptors (Lipinski definition) is 5. The Morgan fingerprint density at radius 1 is 1.35 bits per heavy atom. The van der Waals surface area contributed by atoms with E-state index in [1.807, 2.05) is 25.1 Å². The fraction of sp³-hybridized carbons (Fsp3) is 0.500. The summed E-state index contributed by atoms with van der Waals surface area (Å²) in [7, 11) is 0. The van der Waals surface area contributed by atoms with Crippen molar-refractivity contribution in [3.05, 3.63) is 52.0 Å². The zero-order valence-electron chi connectivity index (χ0n) is 13.2. The predicted molar refractivity (Wildman–Crippen MR) is 90.3 cm³/mol. The van der Waals surface area contributed by atoms with Gasteiger partial charge in [0.2, 0.25) is 0 Å². The van der Waals surface area contributed by atoms with Gasteiger partial charge in [-0.25, -0.2) is 4.98 Å². The van der Waals surface area contributed by atoms with E-state index in [9.17, 15) is 10.2 Å². The van der Waals surface area contributed by atoms with Crippen molar-refractivity contribution in [1.29, 1.82) is 0 Å². The molecule has 0 bridgehead atoms. The van der Waals surface area contributed by atoms with Gasteiger partial charge in [-0.1, -0.05) is 30.3 Å². The number of benzene rings is 1. The number of likely N-dealkylation sites (tertiary alicyclic amines) is 1. The van der Waals surface area contributed by atoms with Gasteiger partial charge in [0.25, 0.3) is 0 Å². The number of hydrogen-bond donors (Lipinski definition) is 2. The van der Waals surface area contributed by atoms with Crippen molar-refractivity contribution in [2.24, 2.45) is 11.3 Å². The van der Waals surface area contributed by atoms with E-state index >= 15 is 0 Å². The van der Waals surface area contributed by atoms with E-state index in [1.54, 1.807) is 11.3 Å². The summed E-state index contributed by atoms with van der Waals surface area (Å²) in [6.07, 6.45) is -0.385. The molecule has 2 fully saturated rings. The lowest BCUT2D eigenvalue weighted by molar-refractivity contribution is 0.111. The van der Waals surface area contributed by atoms with Crippen molar-refractivity contribution in [3.8, 4) is 0 Å². The molecule has 1 spiro atoms. The number of aliphatic hydroxyl groups is 2. The lowest BCUT2D eigenvalue weighted by Gasteiger charge is -2.15. The maximum atomic E-state index is 10.7. The van der Waals surface area contributed by atoms with Gasteiger partial charge in [0.15, 0.2) is 0 Å². The molecule has 1 saturated heterocycles. The van der Waals surface area contributed by atoms with Crippen LogP contribution in [0.3, 0.4) is 0 Å². The van der Waals surface area contributed by atoms with E-state index in [4.69, 9.17) is 0 Å². The molecule has 23 heavy (non-hydrogen) atoms. The van der Waals surface area contributed by atoms with Crippen LogP contribution in [0.4, 0.5) is 0 Å². The molecule has 2 N–H and O–H groups in total. The summed E-state index contributed by atoms with van der Waals surface area (Å²) in [5.74, 6) is 0.410. The third-order valence-electron chi connectivity index (χ3n) is 5.52. The number of aromatic nitrogens is 1. The van der Waals surface area contributed by atoms with Gasteiger partial charge in [0.05, 0.1) is 16.8 Å². The van der Waals surface area contributed by atoms with E-state index in [0.29, 0.717) is 6.54 Å². The zero-order valence-corrected chi connectivity index (χ0v) is 14.0. The first-order chi connectivity index (χ1) is 11.1. The van der Waals surface area contributed by atoms with Crippen molar-refractivity contribution >= 4 is 11.3 Å². The fourth-order valence-electron chi connectivity index (χ4n) is 4.49. The molecule has 1 aromatic carbocycles. The number of nitrogens with zero attached hydrogens (tertiary/aromatic N) is 2. The standard InChI is InChI=1S/C18H22N2O2S/c1-12-19-14(10-23-12)7-20-8-16(22)18(11-20)15(9-21)17(18)13-5-3-2-4-6-13/h2-6,10,15-17,21-22H,7-9,11H2,1H3/t15-,16+,17-,18-/m1/s1. The second-order valence-electron chi connectivity index (χ2n) is 6.83. The molecule has 0 amide bonds. The summed E-state index contributed by atoms with van der Waals surface area (Å²) in [5.41, 5.74) is 2.12. The van der Waals surface area contributed by atoms with Gasteiger partial charge >= 0.3 is 0 Å². The Morgan fingerprint density at radius 3 is 2.78 bits per heavy atom. The molecular formula is C18H22N2O2S. The Morgan fingerprint density at radius 2 is 2.13 bits per heavy atom. The summed E-state index contributed by atoms with van der Waals surface area (Å²) in [5, 5.41) is 23.7. The molecule has 2 aliphatic rings. The van der Waals surface area contributed by atoms with E-state index in [1.165, 1.54) is 5.56 Å². The average Bonchev–Trinajstić information content (AvgIpc) is 2.82. The molecule has 1 aliphatic carbocycles. The van der Waals surface area contributed by atoms with Crippen LogP contribution in [0.25, 0.3) is 0 Å². The van der Waals surface area contributed by atoms with Crippen LogP contribution in [-0.2, 0) is 6.54 Å². The average molecular weight is 330 g/mol. The Labute approximate surface area is 140 Å². The van der Waals surface area contributed by atoms with Gasteiger partial charge in [-0.15, -0.1) is 11.3 Å². The SMILES string of the molecule is Cc1nc(CN2C[C@H](O)[C@@]3(C2)[C@H](CO)[C@H]3c2ccccc2)cs1. The van der Waals surface area contributed by atoms with Gasteiger partial charge in [0.1, 0.15) is 0 Å². The maximum absolute atomic E-state index is 10.7. The summed E-state index contributed by atoms with van der Waals surface area (Å²) >= 11 is 1.67. The Kier molecular flexibility index (Phi) is 3.76. The van der Waals surface area contributed by atoms with Crippen molar-refractivity contribution in [2.75, 3.05) is 19.7 Å². The minimum absolute atomic E-state index is 0.139. The van der Waals surface area contributed by atoms with Crippen LogP contribution >= 0.6 is 11.3 Å². The molecule has 0 unspecified atom stereocenters. The normalized spacial score (nSPS) is 33.4. The smallest absolute Gasteiger partial charge is 0.0897 e. The Bertz CT molecular complexity index is 689. The molecule has 4 nitrogen and oxygen atoms in total. The number of thiazole rings is 1. The molecule has 1 saturated carbocycles. The van der Waals surface area contributed by atoms with Crippen LogP contribution < -0.4 is 0 Å². The van der Waals surface area contributed by atoms with Crippen LogP contribution in [0, 0.1) is 18.3 Å². The number of β-amino-alcohol motifs (C(OH)–C–C–N with tert-alkyl or cyclic N) is 1. The highest BCUT2D eigenvalue weighted by molar-refractivity contribution is 7.09. The predicted octanol–water partition coefficient (Wildman–Crippen LogP) is 2.02. The number of rotatable bonds is 4. The van der Waals surface area contributed by atoms with Crippen LogP contribution in [0.5, 0.6) is 0 Å². The third kappa shape index (κ3) is 2.43. The van der Waals surface area contributed by atoms with E-state index in [0.717, 1.165) is 23.8 Å². The largest absolute Gasteiger partial charge is 0.396 e. The fourth-order valence-corrected chi connectivity index (χ4v) is 5.09. The van der Waals surface area contributed by atoms with Crippen LogP contribution in [0.1, 0.15) is 22.2 Å². The van der Waals surface area contributed by atoms with E-state index < -0.39 is 0 Å². The minimum atomic E-state index is -0.385. The molecule has 122 valence electrons. The summed E-state index contributed by atoms with van der Waals surface area (Å²) in [4.78, 5) is 6.81. The molecule has 4 rings (SSSR count). The maximum Gasteiger partial charge on any atom is 0.0897 e. The van der Waals surface area contributed by atoms with Gasteiger partial charge in [-0.2, -0.15) is 0 Å². The highest BCUT2D eigenvalue weighted by Crippen LogP contribution is 2.68. The van der Waals surface area contributed by atoms with Crippen molar-refractivity contribution in [1.82, 2.24) is 9.88 Å². The van der Waals surface area contributed by atoms with Gasteiger partial charge in [0, 0.05) is 37.0 Å². The monoisotopic (exact) mass is 330 g/mol. The van der Waals surface area contributed by atoms with E-state index in [2.05, 4.69) is 27.4 Å². The molecule has 1 aromatic heterocycles. The minimum Gasteiger partial charge on any atom is -0.396 e. The molecule has 4 atom stereocenters. The first-order valence-electron chi connectivity index (χ1n) is 8.12. The molecular weight excluding hydrogens is 308 g/mol. The Hall–Kier alpha value is -1.27.